The highest BCUT2D eigenvalue weighted by Gasteiger charge is 2.51. The van der Waals surface area contributed by atoms with Crippen LogP contribution in [0.4, 0.5) is 0 Å². The maximum absolute atomic E-state index is 13.6. The van der Waals surface area contributed by atoms with Gasteiger partial charge in [0.1, 0.15) is 40.5 Å². The molecule has 218 valence electrons. The maximum Gasteiger partial charge on any atom is 0.193 e. The molecule has 0 saturated carbocycles. The molecule has 43 heavy (non-hydrogen) atoms. The first-order valence-corrected chi connectivity index (χ1v) is 14.4. The van der Waals surface area contributed by atoms with E-state index < -0.39 is 24.2 Å². The van der Waals surface area contributed by atoms with Crippen molar-refractivity contribution >= 4 is 11.0 Å². The predicted octanol–water partition coefficient (Wildman–Crippen LogP) is 4.63. The fourth-order valence-electron chi connectivity index (χ4n) is 6.33. The average molecular weight is 579 g/mol. The Morgan fingerprint density at radius 3 is 2.14 bits per heavy atom. The second-order valence-corrected chi connectivity index (χ2v) is 11.1. The molecule has 0 radical (unpaired) electrons. The van der Waals surface area contributed by atoms with Gasteiger partial charge in [-0.25, -0.2) is 0 Å². The zero-order valence-corrected chi connectivity index (χ0v) is 23.5. The molecule has 0 spiro atoms. The molecule has 0 amide bonds. The number of benzene rings is 3. The van der Waals surface area contributed by atoms with E-state index in [2.05, 4.69) is 0 Å². The lowest BCUT2D eigenvalue weighted by Gasteiger charge is -2.43. The van der Waals surface area contributed by atoms with E-state index in [1.165, 1.54) is 12.1 Å². The largest absolute Gasteiger partial charge is 0.497 e. The predicted molar refractivity (Wildman–Crippen MR) is 159 cm³/mol. The van der Waals surface area contributed by atoms with Crippen molar-refractivity contribution < 1.29 is 28.5 Å². The number of aliphatic hydroxyl groups is 2. The highest BCUT2D eigenvalue weighted by atomic mass is 16.5. The Labute approximate surface area is 246 Å². The van der Waals surface area contributed by atoms with E-state index in [1.54, 1.807) is 19.2 Å². The van der Waals surface area contributed by atoms with Crippen LogP contribution in [0.15, 0.2) is 97.3 Å². The number of hydrogen-bond donors (Lipinski definition) is 2. The minimum atomic E-state index is -1.37. The van der Waals surface area contributed by atoms with Crippen LogP contribution < -0.4 is 20.3 Å². The SMILES string of the molecule is COc1ccc(CCc2cc(=O)c3c(o2)C(O)C2Oc4ccc5oc(CCc6ccccc6)cc(=O)c5c4C3C2O)cc1. The monoisotopic (exact) mass is 578 g/mol. The minimum Gasteiger partial charge on any atom is -0.497 e. The Bertz CT molecular complexity index is 1920. The third-order valence-electron chi connectivity index (χ3n) is 8.48. The van der Waals surface area contributed by atoms with Crippen LogP contribution in [-0.4, -0.2) is 29.5 Å². The van der Waals surface area contributed by atoms with Crippen molar-refractivity contribution in [1.29, 1.82) is 0 Å². The van der Waals surface area contributed by atoms with Crippen LogP contribution in [0.2, 0.25) is 0 Å². The van der Waals surface area contributed by atoms with Crippen molar-refractivity contribution in [3.63, 3.8) is 0 Å². The summed E-state index contributed by atoms with van der Waals surface area (Å²) < 4.78 is 23.6. The lowest BCUT2D eigenvalue weighted by atomic mass is 9.73. The second-order valence-electron chi connectivity index (χ2n) is 11.1. The summed E-state index contributed by atoms with van der Waals surface area (Å²) in [5.41, 5.74) is 2.35. The molecular weight excluding hydrogens is 548 g/mol. The van der Waals surface area contributed by atoms with Gasteiger partial charge >= 0.3 is 0 Å². The van der Waals surface area contributed by atoms with Gasteiger partial charge in [-0.15, -0.1) is 0 Å². The standard InChI is InChI=1S/C35H30O8/c1-40-21-11-7-20(8-12-21)10-14-23-18-25(37)29-31-30-27(43-35(32(31)38)33(39)34(29)42-23)16-15-26-28(30)24(36)17-22(41-26)13-9-19-5-3-2-4-6-19/h2-8,11-12,15-18,31-33,35,38-39H,9-10,13-14H2,1H3. The Balaban J connectivity index is 1.26. The summed E-state index contributed by atoms with van der Waals surface area (Å²) >= 11 is 0. The van der Waals surface area contributed by atoms with Crippen molar-refractivity contribution in [1.82, 2.24) is 0 Å². The molecule has 2 N–H and O–H groups in total. The molecule has 4 unspecified atom stereocenters. The molecule has 3 heterocycles. The summed E-state index contributed by atoms with van der Waals surface area (Å²) in [4.78, 5) is 27.2. The third-order valence-corrected chi connectivity index (χ3v) is 8.48. The molecule has 2 aliphatic rings. The van der Waals surface area contributed by atoms with Crippen LogP contribution in [0.3, 0.4) is 0 Å². The molecule has 4 atom stereocenters. The van der Waals surface area contributed by atoms with Crippen LogP contribution in [0.5, 0.6) is 11.5 Å². The summed E-state index contributed by atoms with van der Waals surface area (Å²) in [7, 11) is 1.61. The van der Waals surface area contributed by atoms with Crippen molar-refractivity contribution in [2.45, 2.75) is 49.9 Å². The van der Waals surface area contributed by atoms with Gasteiger partial charge in [0.25, 0.3) is 0 Å². The number of rotatable bonds is 7. The van der Waals surface area contributed by atoms with Gasteiger partial charge in [-0.3, -0.25) is 9.59 Å². The van der Waals surface area contributed by atoms with Crippen LogP contribution in [-0.2, 0) is 25.7 Å². The van der Waals surface area contributed by atoms with Crippen LogP contribution >= 0.6 is 0 Å². The summed E-state index contributed by atoms with van der Waals surface area (Å²) in [6.45, 7) is 0. The lowest BCUT2D eigenvalue weighted by molar-refractivity contribution is -0.0822. The van der Waals surface area contributed by atoms with E-state index in [1.807, 2.05) is 54.6 Å². The van der Waals surface area contributed by atoms with Crippen LogP contribution in [0, 0.1) is 0 Å². The molecule has 0 fully saturated rings. The Morgan fingerprint density at radius 1 is 0.744 bits per heavy atom. The van der Waals surface area contributed by atoms with Gasteiger partial charge in [0, 0.05) is 30.5 Å². The molecule has 5 aromatic rings. The second kappa shape index (κ2) is 10.9. The van der Waals surface area contributed by atoms with E-state index in [-0.39, 0.29) is 27.6 Å². The van der Waals surface area contributed by atoms with Crippen molar-refractivity contribution in [2.75, 3.05) is 7.11 Å². The van der Waals surface area contributed by atoms with E-state index in [9.17, 15) is 19.8 Å². The van der Waals surface area contributed by atoms with Crippen molar-refractivity contribution in [2.24, 2.45) is 0 Å². The number of aliphatic hydroxyl groups excluding tert-OH is 2. The topological polar surface area (TPSA) is 119 Å². The van der Waals surface area contributed by atoms with Gasteiger partial charge in [0.2, 0.25) is 0 Å². The van der Waals surface area contributed by atoms with E-state index in [4.69, 9.17) is 18.3 Å². The number of aryl methyl sites for hydroxylation is 4. The molecule has 7 rings (SSSR count). The Morgan fingerprint density at radius 2 is 1.42 bits per heavy atom. The molecule has 3 aromatic carbocycles. The fourth-order valence-corrected chi connectivity index (χ4v) is 6.33. The maximum atomic E-state index is 13.6. The first-order valence-electron chi connectivity index (χ1n) is 14.4. The van der Waals surface area contributed by atoms with Gasteiger partial charge in [-0.2, -0.15) is 0 Å². The molecule has 1 aliphatic carbocycles. The van der Waals surface area contributed by atoms with Crippen LogP contribution in [0.1, 0.15) is 51.6 Å². The average Bonchev–Trinajstić information content (AvgIpc) is 3.02. The minimum absolute atomic E-state index is 0.0593. The lowest BCUT2D eigenvalue weighted by Crippen LogP contribution is -2.50. The molecule has 1 aliphatic heterocycles. The smallest absolute Gasteiger partial charge is 0.193 e. The first-order chi connectivity index (χ1) is 20.9. The molecular formula is C35H30O8. The van der Waals surface area contributed by atoms with Gasteiger partial charge in [0.05, 0.1) is 24.0 Å². The van der Waals surface area contributed by atoms with Gasteiger partial charge in [-0.05, 0) is 48.2 Å². The quantitative estimate of drug-likeness (QED) is 0.287. The fraction of sp³-hybridized carbons (Fsp3) is 0.257. The van der Waals surface area contributed by atoms with Crippen LogP contribution in [0.25, 0.3) is 11.0 Å². The van der Waals surface area contributed by atoms with Gasteiger partial charge < -0.3 is 28.5 Å². The number of hydrogen-bond acceptors (Lipinski definition) is 8. The third kappa shape index (κ3) is 4.82. The summed E-state index contributed by atoms with van der Waals surface area (Å²) in [5.74, 6) is 1.16. The zero-order valence-electron chi connectivity index (χ0n) is 23.5. The molecule has 2 bridgehead atoms. The van der Waals surface area contributed by atoms with E-state index in [0.29, 0.717) is 54.1 Å². The van der Waals surface area contributed by atoms with Gasteiger partial charge in [-0.1, -0.05) is 42.5 Å². The summed E-state index contributed by atoms with van der Waals surface area (Å²) in [6.07, 6.45) is -1.43. The van der Waals surface area contributed by atoms with Crippen molar-refractivity contribution in [3.8, 4) is 11.5 Å². The van der Waals surface area contributed by atoms with E-state index in [0.717, 1.165) is 16.9 Å². The van der Waals surface area contributed by atoms with Gasteiger partial charge in [0.15, 0.2) is 23.1 Å². The molecule has 8 nitrogen and oxygen atoms in total. The molecule has 0 saturated heterocycles. The van der Waals surface area contributed by atoms with E-state index >= 15 is 0 Å². The number of fused-ring (bicyclic) bond motifs is 8. The summed E-state index contributed by atoms with van der Waals surface area (Å²) in [6, 6.07) is 23.8. The normalized spacial score (nSPS) is 20.3. The number of ether oxygens (including phenoxy) is 2. The highest BCUT2D eigenvalue weighted by Crippen LogP contribution is 2.50. The summed E-state index contributed by atoms with van der Waals surface area (Å²) in [5, 5.41) is 22.8. The first kappa shape index (κ1) is 27.2. The Kier molecular flexibility index (Phi) is 6.88. The number of methoxy groups -OCH3 is 1. The highest BCUT2D eigenvalue weighted by molar-refractivity contribution is 5.85. The zero-order chi connectivity index (χ0) is 29.7. The van der Waals surface area contributed by atoms with Crippen molar-refractivity contribution in [3.05, 3.63) is 139 Å². The molecule has 8 heteroatoms. The molecule has 2 aromatic heterocycles. The Hall–Kier alpha value is -4.66.